The number of aromatic nitrogens is 2. The van der Waals surface area contributed by atoms with Gasteiger partial charge in [-0.1, -0.05) is 0 Å². The van der Waals surface area contributed by atoms with Crippen molar-refractivity contribution >= 4 is 0 Å². The number of rotatable bonds is 3. The van der Waals surface area contributed by atoms with Gasteiger partial charge < -0.3 is 15.0 Å². The summed E-state index contributed by atoms with van der Waals surface area (Å²) < 4.78 is 4.98. The van der Waals surface area contributed by atoms with Crippen LogP contribution in [0.15, 0.2) is 10.9 Å². The van der Waals surface area contributed by atoms with E-state index in [1.54, 1.807) is 13.2 Å². The molecule has 5 heteroatoms. The van der Waals surface area contributed by atoms with E-state index in [2.05, 4.69) is 15.3 Å². The third kappa shape index (κ3) is 2.68. The second-order valence-corrected chi connectivity index (χ2v) is 4.07. The molecule has 5 nitrogen and oxygen atoms in total. The van der Waals surface area contributed by atoms with Gasteiger partial charge in [0.25, 0.3) is 5.56 Å². The summed E-state index contributed by atoms with van der Waals surface area (Å²) in [6, 6.07) is 1.61. The topological polar surface area (TPSA) is 67.0 Å². The number of ether oxygens (including phenoxy) is 1. The van der Waals surface area contributed by atoms with E-state index in [1.807, 2.05) is 0 Å². The third-order valence-corrected chi connectivity index (χ3v) is 2.85. The Morgan fingerprint density at radius 2 is 2.25 bits per heavy atom. The molecule has 0 aromatic carbocycles. The van der Waals surface area contributed by atoms with Crippen LogP contribution < -0.4 is 10.9 Å². The fraction of sp³-hybridized carbons (Fsp3) is 0.636. The highest BCUT2D eigenvalue weighted by atomic mass is 16.5. The lowest BCUT2D eigenvalue weighted by Gasteiger charge is -2.22. The van der Waals surface area contributed by atoms with Crippen molar-refractivity contribution in [2.24, 2.45) is 0 Å². The standard InChI is InChI=1S/C11H17N3O2/c1-16-7-10-13-9(6-11(15)14-10)8-2-4-12-5-3-8/h6,8,12H,2-5,7H2,1H3,(H,13,14,15). The number of piperidine rings is 1. The average molecular weight is 223 g/mol. The molecule has 0 saturated carbocycles. The van der Waals surface area contributed by atoms with Crippen molar-refractivity contribution < 1.29 is 4.74 Å². The molecule has 1 aromatic heterocycles. The van der Waals surface area contributed by atoms with E-state index < -0.39 is 0 Å². The van der Waals surface area contributed by atoms with Gasteiger partial charge in [-0.3, -0.25) is 4.79 Å². The minimum Gasteiger partial charge on any atom is -0.377 e. The van der Waals surface area contributed by atoms with Gasteiger partial charge in [-0.25, -0.2) is 4.98 Å². The number of nitrogens with zero attached hydrogens (tertiary/aromatic N) is 1. The van der Waals surface area contributed by atoms with Gasteiger partial charge in [-0.05, 0) is 25.9 Å². The second kappa shape index (κ2) is 5.23. The summed E-state index contributed by atoms with van der Waals surface area (Å²) in [6.45, 7) is 2.35. The minimum atomic E-state index is -0.0874. The first-order valence-corrected chi connectivity index (χ1v) is 5.59. The highest BCUT2D eigenvalue weighted by Crippen LogP contribution is 2.22. The molecule has 0 bridgehead atoms. The Balaban J connectivity index is 2.21. The fourth-order valence-corrected chi connectivity index (χ4v) is 2.06. The lowest BCUT2D eigenvalue weighted by molar-refractivity contribution is 0.177. The molecule has 2 N–H and O–H groups in total. The number of H-pyrrole nitrogens is 1. The van der Waals surface area contributed by atoms with Crippen LogP contribution in [0.5, 0.6) is 0 Å². The maximum atomic E-state index is 11.5. The minimum absolute atomic E-state index is 0.0874. The van der Waals surface area contributed by atoms with Crippen LogP contribution in [0.2, 0.25) is 0 Å². The molecule has 1 aliphatic rings. The Labute approximate surface area is 94.2 Å². The lowest BCUT2D eigenvalue weighted by atomic mass is 9.94. The number of hydrogen-bond acceptors (Lipinski definition) is 4. The maximum Gasteiger partial charge on any atom is 0.251 e. The van der Waals surface area contributed by atoms with Crippen molar-refractivity contribution in [3.8, 4) is 0 Å². The molecule has 1 fully saturated rings. The molecule has 2 heterocycles. The van der Waals surface area contributed by atoms with Crippen molar-refractivity contribution in [2.75, 3.05) is 20.2 Å². The van der Waals surface area contributed by atoms with Gasteiger partial charge in [0.15, 0.2) is 0 Å². The molecule has 0 spiro atoms. The van der Waals surface area contributed by atoms with E-state index >= 15 is 0 Å². The largest absolute Gasteiger partial charge is 0.377 e. The molecular weight excluding hydrogens is 206 g/mol. The third-order valence-electron chi connectivity index (χ3n) is 2.85. The van der Waals surface area contributed by atoms with Crippen molar-refractivity contribution in [1.82, 2.24) is 15.3 Å². The van der Waals surface area contributed by atoms with Crippen molar-refractivity contribution in [2.45, 2.75) is 25.4 Å². The number of nitrogens with one attached hydrogen (secondary N) is 2. The highest BCUT2D eigenvalue weighted by molar-refractivity contribution is 5.09. The van der Waals surface area contributed by atoms with Crippen LogP contribution >= 0.6 is 0 Å². The molecular formula is C11H17N3O2. The Kier molecular flexibility index (Phi) is 3.69. The predicted molar refractivity (Wildman–Crippen MR) is 60.4 cm³/mol. The van der Waals surface area contributed by atoms with Crippen molar-refractivity contribution in [3.63, 3.8) is 0 Å². The van der Waals surface area contributed by atoms with Gasteiger partial charge in [-0.15, -0.1) is 0 Å². The van der Waals surface area contributed by atoms with Gasteiger partial charge in [0.2, 0.25) is 0 Å². The van der Waals surface area contributed by atoms with E-state index in [0.29, 0.717) is 18.3 Å². The summed E-state index contributed by atoms with van der Waals surface area (Å²) in [4.78, 5) is 18.6. The van der Waals surface area contributed by atoms with Crippen molar-refractivity contribution in [1.29, 1.82) is 0 Å². The Hall–Kier alpha value is -1.20. The zero-order chi connectivity index (χ0) is 11.4. The molecule has 1 aliphatic heterocycles. The van der Waals surface area contributed by atoms with Crippen molar-refractivity contribution in [3.05, 3.63) is 27.9 Å². The first-order valence-electron chi connectivity index (χ1n) is 5.59. The smallest absolute Gasteiger partial charge is 0.251 e. The van der Waals surface area contributed by atoms with Crippen LogP contribution in [0, 0.1) is 0 Å². The van der Waals surface area contributed by atoms with Crippen LogP contribution in [0.4, 0.5) is 0 Å². The maximum absolute atomic E-state index is 11.5. The molecule has 1 aromatic rings. The Morgan fingerprint density at radius 1 is 1.50 bits per heavy atom. The molecule has 1 saturated heterocycles. The average Bonchev–Trinajstić information content (AvgIpc) is 2.30. The number of aromatic amines is 1. The highest BCUT2D eigenvalue weighted by Gasteiger charge is 2.17. The van der Waals surface area contributed by atoms with Crippen LogP contribution in [-0.2, 0) is 11.3 Å². The van der Waals surface area contributed by atoms with E-state index in [1.165, 1.54) is 0 Å². The monoisotopic (exact) mass is 223 g/mol. The summed E-state index contributed by atoms with van der Waals surface area (Å²) in [5.41, 5.74) is 0.813. The Bertz CT molecular complexity index is 396. The van der Waals surface area contributed by atoms with Crippen LogP contribution in [-0.4, -0.2) is 30.2 Å². The SMILES string of the molecule is COCc1nc(C2CCNCC2)cc(=O)[nH]1. The molecule has 0 radical (unpaired) electrons. The molecule has 0 unspecified atom stereocenters. The predicted octanol–water partition coefficient (Wildman–Crippen LogP) is 0.383. The van der Waals surface area contributed by atoms with Gasteiger partial charge in [0.05, 0.1) is 5.69 Å². The summed E-state index contributed by atoms with van der Waals surface area (Å²) in [6.07, 6.45) is 2.09. The summed E-state index contributed by atoms with van der Waals surface area (Å²) >= 11 is 0. The van der Waals surface area contributed by atoms with Gasteiger partial charge >= 0.3 is 0 Å². The molecule has 2 rings (SSSR count). The molecule has 0 aliphatic carbocycles. The van der Waals surface area contributed by atoms with E-state index in [4.69, 9.17) is 4.74 Å². The summed E-state index contributed by atoms with van der Waals surface area (Å²) in [5.74, 6) is 1.02. The quantitative estimate of drug-likeness (QED) is 0.777. The first-order chi connectivity index (χ1) is 7.79. The van der Waals surface area contributed by atoms with Gasteiger partial charge in [-0.2, -0.15) is 0 Å². The molecule has 88 valence electrons. The van der Waals surface area contributed by atoms with Crippen LogP contribution in [0.3, 0.4) is 0 Å². The zero-order valence-corrected chi connectivity index (χ0v) is 9.45. The second-order valence-electron chi connectivity index (χ2n) is 4.07. The number of methoxy groups -OCH3 is 1. The first kappa shape index (κ1) is 11.3. The van der Waals surface area contributed by atoms with E-state index in [9.17, 15) is 4.79 Å². The Morgan fingerprint density at radius 3 is 2.94 bits per heavy atom. The summed E-state index contributed by atoms with van der Waals surface area (Å²) in [5, 5.41) is 3.30. The lowest BCUT2D eigenvalue weighted by Crippen LogP contribution is -2.28. The molecule has 0 amide bonds. The fourth-order valence-electron chi connectivity index (χ4n) is 2.06. The van der Waals surface area contributed by atoms with Gasteiger partial charge in [0.1, 0.15) is 12.4 Å². The number of hydrogen-bond donors (Lipinski definition) is 2. The molecule has 0 atom stereocenters. The summed E-state index contributed by atoms with van der Waals surface area (Å²) in [7, 11) is 1.59. The van der Waals surface area contributed by atoms with Gasteiger partial charge in [0, 0.05) is 19.1 Å². The zero-order valence-electron chi connectivity index (χ0n) is 9.45. The normalized spacial score (nSPS) is 17.6. The molecule has 16 heavy (non-hydrogen) atoms. The van der Waals surface area contributed by atoms with Crippen LogP contribution in [0.25, 0.3) is 0 Å². The van der Waals surface area contributed by atoms with E-state index in [-0.39, 0.29) is 5.56 Å². The van der Waals surface area contributed by atoms with Crippen LogP contribution in [0.1, 0.15) is 30.3 Å². The van der Waals surface area contributed by atoms with E-state index in [0.717, 1.165) is 31.6 Å².